The van der Waals surface area contributed by atoms with Gasteiger partial charge in [0.05, 0.1) is 34.5 Å². The Balaban J connectivity index is 1.38. The third-order valence-corrected chi connectivity index (χ3v) is 8.05. The molecule has 2 heterocycles. The molecule has 0 unspecified atom stereocenters. The molecule has 0 saturated carbocycles. The van der Waals surface area contributed by atoms with Crippen molar-refractivity contribution in [1.82, 2.24) is 19.5 Å². The highest BCUT2D eigenvalue weighted by molar-refractivity contribution is 7.89. The van der Waals surface area contributed by atoms with E-state index in [4.69, 9.17) is 0 Å². The Labute approximate surface area is 270 Å². The molecule has 5 rings (SSSR count). The van der Waals surface area contributed by atoms with Crippen LogP contribution in [0.4, 0.5) is 55.4 Å². The minimum absolute atomic E-state index is 0.00432. The number of para-hydroxylation sites is 1. The van der Waals surface area contributed by atoms with E-state index in [-0.39, 0.29) is 23.7 Å². The summed E-state index contributed by atoms with van der Waals surface area (Å²) in [4.78, 5) is 27.9. The number of nitrogens with zero attached hydrogens (tertiary/aromatic N) is 5. The standard InChI is InChI=1S/C31H27F6N7O3S/c1-43(25-12-13-38-28(40-25)39-21-7-4-6-18(14-21)17-48(3,46)47)23-8-5-9-24-27(23)42-29(44(24)2)41-26(45)15-19-10-11-20(30(32,33)34)16-22(19)31(35,36)37/h4-14,16H,15,17H2,1-3H3,(H,38,39,40)(H,41,42,45). The van der Waals surface area contributed by atoms with Crippen molar-refractivity contribution in [2.24, 2.45) is 7.05 Å². The summed E-state index contributed by atoms with van der Waals surface area (Å²) in [5, 5.41) is 5.52. The molecule has 17 heteroatoms. The van der Waals surface area contributed by atoms with Gasteiger partial charge in [-0.2, -0.15) is 31.3 Å². The molecule has 10 nitrogen and oxygen atoms in total. The third-order valence-electron chi connectivity index (χ3n) is 7.19. The third kappa shape index (κ3) is 7.84. The number of halogens is 6. The van der Waals surface area contributed by atoms with Gasteiger partial charge in [-0.15, -0.1) is 0 Å². The molecule has 0 aliphatic carbocycles. The summed E-state index contributed by atoms with van der Waals surface area (Å²) >= 11 is 0. The van der Waals surface area contributed by atoms with Crippen LogP contribution in [0.15, 0.2) is 72.9 Å². The molecule has 252 valence electrons. The molecule has 0 fully saturated rings. The van der Waals surface area contributed by atoms with Gasteiger partial charge in [0.2, 0.25) is 17.8 Å². The maximum Gasteiger partial charge on any atom is 0.416 e. The lowest BCUT2D eigenvalue weighted by atomic mass is 10.0. The number of nitrogens with one attached hydrogen (secondary N) is 2. The van der Waals surface area contributed by atoms with Gasteiger partial charge in [-0.25, -0.2) is 18.4 Å². The Morgan fingerprint density at radius 3 is 2.35 bits per heavy atom. The molecule has 48 heavy (non-hydrogen) atoms. The van der Waals surface area contributed by atoms with Gasteiger partial charge < -0.3 is 14.8 Å². The summed E-state index contributed by atoms with van der Waals surface area (Å²) in [5.41, 5.74) is -0.992. The molecule has 1 amide bonds. The van der Waals surface area contributed by atoms with E-state index in [1.807, 2.05) is 0 Å². The quantitative estimate of drug-likeness (QED) is 0.165. The lowest BCUT2D eigenvalue weighted by Gasteiger charge is -2.19. The van der Waals surface area contributed by atoms with Gasteiger partial charge in [-0.1, -0.05) is 24.3 Å². The Morgan fingerprint density at radius 2 is 1.67 bits per heavy atom. The second-order valence-corrected chi connectivity index (χ2v) is 13.1. The number of alkyl halides is 6. The molecule has 2 N–H and O–H groups in total. The van der Waals surface area contributed by atoms with Crippen molar-refractivity contribution in [2.45, 2.75) is 24.5 Å². The van der Waals surface area contributed by atoms with Gasteiger partial charge in [-0.05, 0) is 53.6 Å². The average molecular weight is 692 g/mol. The number of hydrogen-bond acceptors (Lipinski definition) is 8. The number of fused-ring (bicyclic) bond motifs is 1. The van der Waals surface area contributed by atoms with E-state index in [0.717, 1.165) is 6.26 Å². The molecule has 0 spiro atoms. The topological polar surface area (TPSA) is 122 Å². The van der Waals surface area contributed by atoms with E-state index >= 15 is 0 Å². The van der Waals surface area contributed by atoms with Crippen molar-refractivity contribution < 1.29 is 39.6 Å². The lowest BCUT2D eigenvalue weighted by molar-refractivity contribution is -0.143. The Morgan fingerprint density at radius 1 is 0.938 bits per heavy atom. The number of rotatable bonds is 9. The minimum Gasteiger partial charge on any atom is -0.327 e. The summed E-state index contributed by atoms with van der Waals surface area (Å²) in [7, 11) is 0.0534. The summed E-state index contributed by atoms with van der Waals surface area (Å²) in [5.74, 6) is -0.396. The number of amides is 1. The first-order valence-corrected chi connectivity index (χ1v) is 16.1. The Bertz CT molecular complexity index is 2110. The van der Waals surface area contributed by atoms with Crippen LogP contribution < -0.4 is 15.5 Å². The highest BCUT2D eigenvalue weighted by Gasteiger charge is 2.38. The molecule has 0 radical (unpaired) electrons. The monoisotopic (exact) mass is 691 g/mol. The van der Waals surface area contributed by atoms with Crippen molar-refractivity contribution in [3.8, 4) is 0 Å². The number of sulfone groups is 1. The van der Waals surface area contributed by atoms with Crippen LogP contribution in [-0.2, 0) is 46.2 Å². The number of aryl methyl sites for hydroxylation is 1. The van der Waals surface area contributed by atoms with Gasteiger partial charge in [-0.3, -0.25) is 10.1 Å². The average Bonchev–Trinajstić information content (AvgIpc) is 3.30. The zero-order valence-corrected chi connectivity index (χ0v) is 26.3. The van der Waals surface area contributed by atoms with Gasteiger partial charge >= 0.3 is 12.4 Å². The fourth-order valence-electron chi connectivity index (χ4n) is 4.99. The van der Waals surface area contributed by atoms with Crippen LogP contribution in [0.3, 0.4) is 0 Å². The maximum absolute atomic E-state index is 13.6. The van der Waals surface area contributed by atoms with Crippen LogP contribution in [0.5, 0.6) is 0 Å². The van der Waals surface area contributed by atoms with Gasteiger partial charge in [0, 0.05) is 32.2 Å². The van der Waals surface area contributed by atoms with Crippen LogP contribution in [-0.4, -0.2) is 47.1 Å². The maximum atomic E-state index is 13.6. The first kappa shape index (κ1) is 34.2. The predicted octanol–water partition coefficient (Wildman–Crippen LogP) is 6.64. The Hall–Kier alpha value is -5.19. The largest absolute Gasteiger partial charge is 0.416 e. The van der Waals surface area contributed by atoms with Crippen molar-refractivity contribution in [3.63, 3.8) is 0 Å². The normalized spacial score (nSPS) is 12.3. The van der Waals surface area contributed by atoms with E-state index < -0.39 is 51.2 Å². The molecular weight excluding hydrogens is 664 g/mol. The van der Waals surface area contributed by atoms with Crippen LogP contribution >= 0.6 is 0 Å². The van der Waals surface area contributed by atoms with Crippen LogP contribution in [0.2, 0.25) is 0 Å². The summed E-state index contributed by atoms with van der Waals surface area (Å²) in [6.45, 7) is 0. The number of carbonyl (C=O) groups excluding carboxylic acids is 1. The summed E-state index contributed by atoms with van der Waals surface area (Å²) < 4.78 is 105. The molecule has 2 aromatic heterocycles. The molecule has 3 aromatic carbocycles. The fraction of sp³-hybridized carbons (Fsp3) is 0.226. The summed E-state index contributed by atoms with van der Waals surface area (Å²) in [6.07, 6.45) is -8.30. The highest BCUT2D eigenvalue weighted by atomic mass is 32.2. The van der Waals surface area contributed by atoms with Crippen molar-refractivity contribution >= 4 is 55.9 Å². The van der Waals surface area contributed by atoms with E-state index in [2.05, 4.69) is 25.6 Å². The predicted molar refractivity (Wildman–Crippen MR) is 168 cm³/mol. The smallest absolute Gasteiger partial charge is 0.327 e. The zero-order valence-electron chi connectivity index (χ0n) is 25.5. The number of imidazole rings is 1. The second kappa shape index (κ2) is 12.8. The van der Waals surface area contributed by atoms with Crippen molar-refractivity contribution in [1.29, 1.82) is 0 Å². The first-order valence-electron chi connectivity index (χ1n) is 14.0. The number of aromatic nitrogens is 4. The van der Waals surface area contributed by atoms with Crippen LogP contribution in [0, 0.1) is 0 Å². The Kier molecular flexibility index (Phi) is 9.09. The second-order valence-electron chi connectivity index (χ2n) is 10.9. The first-order chi connectivity index (χ1) is 22.4. The molecule has 5 aromatic rings. The summed E-state index contributed by atoms with van der Waals surface area (Å²) in [6, 6.07) is 14.8. The van der Waals surface area contributed by atoms with E-state index in [1.54, 1.807) is 67.5 Å². The number of hydrogen-bond donors (Lipinski definition) is 2. The van der Waals surface area contributed by atoms with E-state index in [0.29, 0.717) is 45.9 Å². The highest BCUT2D eigenvalue weighted by Crippen LogP contribution is 2.38. The lowest BCUT2D eigenvalue weighted by Crippen LogP contribution is -2.20. The van der Waals surface area contributed by atoms with E-state index in [9.17, 15) is 39.6 Å². The fourth-order valence-corrected chi connectivity index (χ4v) is 5.77. The van der Waals surface area contributed by atoms with Crippen molar-refractivity contribution in [3.05, 3.63) is 95.2 Å². The number of benzene rings is 3. The molecule has 0 atom stereocenters. The molecule has 0 saturated heterocycles. The molecule has 0 aliphatic heterocycles. The van der Waals surface area contributed by atoms with Crippen LogP contribution in [0.25, 0.3) is 11.0 Å². The SMILES string of the molecule is CN(c1ccnc(Nc2cccc(CS(C)(=O)=O)c2)n1)c1cccc2c1nc(NC(=O)Cc1ccc(C(F)(F)F)cc1C(F)(F)F)n2C. The molecule has 0 bridgehead atoms. The van der Waals surface area contributed by atoms with Gasteiger partial charge in [0.25, 0.3) is 0 Å². The van der Waals surface area contributed by atoms with E-state index in [1.165, 1.54) is 10.8 Å². The van der Waals surface area contributed by atoms with Crippen LogP contribution in [0.1, 0.15) is 22.3 Å². The van der Waals surface area contributed by atoms with Gasteiger partial charge in [0.15, 0.2) is 9.84 Å². The van der Waals surface area contributed by atoms with Gasteiger partial charge in [0.1, 0.15) is 11.3 Å². The zero-order chi connectivity index (χ0) is 35.0. The minimum atomic E-state index is -5.12. The molecular formula is C31H27F6N7O3S. The molecule has 0 aliphatic rings. The number of anilines is 5. The van der Waals surface area contributed by atoms with Crippen molar-refractivity contribution in [2.75, 3.05) is 28.8 Å². The number of carbonyl (C=O) groups is 1.